The molecule has 0 unspecified atom stereocenters. The molecule has 0 aliphatic carbocycles. The molecular weight excluding hydrogens is 426 g/mol. The third-order valence-electron chi connectivity index (χ3n) is 6.45. The van der Waals surface area contributed by atoms with Crippen LogP contribution in [-0.4, -0.2) is 62.9 Å². The molecule has 168 valence electrons. The minimum absolute atomic E-state index is 0.0123. The lowest BCUT2D eigenvalue weighted by Crippen LogP contribution is -2.47. The lowest BCUT2D eigenvalue weighted by molar-refractivity contribution is -0.181. The number of carbonyl (C=O) groups is 1. The first kappa shape index (κ1) is 21.2. The van der Waals surface area contributed by atoms with Crippen molar-refractivity contribution >= 4 is 17.2 Å². The van der Waals surface area contributed by atoms with Gasteiger partial charge in [0, 0.05) is 25.9 Å². The summed E-state index contributed by atoms with van der Waals surface area (Å²) in [4.78, 5) is 20.4. The van der Waals surface area contributed by atoms with E-state index in [1.165, 1.54) is 22.5 Å². The standard InChI is InChI=1S/C23H27N5O3S/c1-14-5-6-18(13-15(14)2)28-17(4)19(25-26-28)21-24-16(3)20(32-21)22(29)27-9-7-23(8-10-27)30-11-12-31-23/h5-6,13H,7-12H2,1-4H3. The number of carbonyl (C=O) groups excluding carboxylic acids is 1. The number of thiazole rings is 1. The molecule has 0 radical (unpaired) electrons. The molecule has 32 heavy (non-hydrogen) atoms. The summed E-state index contributed by atoms with van der Waals surface area (Å²) in [5.41, 5.74) is 5.74. The number of aryl methyl sites for hydroxylation is 3. The highest BCUT2D eigenvalue weighted by Gasteiger charge is 2.41. The van der Waals surface area contributed by atoms with Gasteiger partial charge >= 0.3 is 0 Å². The number of piperidine rings is 1. The molecule has 2 fully saturated rings. The lowest BCUT2D eigenvalue weighted by atomic mass is 10.0. The van der Waals surface area contributed by atoms with E-state index >= 15 is 0 Å². The first-order chi connectivity index (χ1) is 15.4. The average molecular weight is 454 g/mol. The number of nitrogens with zero attached hydrogens (tertiary/aromatic N) is 5. The summed E-state index contributed by atoms with van der Waals surface area (Å²) < 4.78 is 13.4. The van der Waals surface area contributed by atoms with Gasteiger partial charge in [0.25, 0.3) is 5.91 Å². The molecule has 2 aliphatic heterocycles. The summed E-state index contributed by atoms with van der Waals surface area (Å²) in [7, 11) is 0. The van der Waals surface area contributed by atoms with Gasteiger partial charge in [0.1, 0.15) is 15.6 Å². The molecule has 4 heterocycles. The summed E-state index contributed by atoms with van der Waals surface area (Å²) in [6.45, 7) is 10.5. The molecule has 5 rings (SSSR count). The highest BCUT2D eigenvalue weighted by atomic mass is 32.1. The van der Waals surface area contributed by atoms with Crippen molar-refractivity contribution < 1.29 is 14.3 Å². The molecule has 2 aromatic heterocycles. The SMILES string of the molecule is Cc1ccc(-n2nnc(-c3nc(C)c(C(=O)N4CCC5(CC4)OCCO5)s3)c2C)cc1C. The van der Waals surface area contributed by atoms with Gasteiger partial charge in [0.2, 0.25) is 0 Å². The smallest absolute Gasteiger partial charge is 0.265 e. The highest BCUT2D eigenvalue weighted by Crippen LogP contribution is 2.34. The fourth-order valence-electron chi connectivity index (χ4n) is 4.31. The molecule has 0 N–H and O–H groups in total. The summed E-state index contributed by atoms with van der Waals surface area (Å²) in [6.07, 6.45) is 1.40. The zero-order valence-corrected chi connectivity index (χ0v) is 19.7. The summed E-state index contributed by atoms with van der Waals surface area (Å²) in [6, 6.07) is 6.22. The van der Waals surface area contributed by atoms with Crippen molar-refractivity contribution in [3.8, 4) is 16.4 Å². The Morgan fingerprint density at radius 1 is 1.06 bits per heavy atom. The van der Waals surface area contributed by atoms with Crippen molar-refractivity contribution in [2.24, 2.45) is 0 Å². The van der Waals surface area contributed by atoms with Crippen LogP contribution in [0.25, 0.3) is 16.4 Å². The van der Waals surface area contributed by atoms with Crippen molar-refractivity contribution in [1.82, 2.24) is 24.9 Å². The van der Waals surface area contributed by atoms with Crippen LogP contribution < -0.4 is 0 Å². The molecule has 2 saturated heterocycles. The fourth-order valence-corrected chi connectivity index (χ4v) is 5.38. The topological polar surface area (TPSA) is 82.4 Å². The van der Waals surface area contributed by atoms with Crippen molar-refractivity contribution in [2.75, 3.05) is 26.3 Å². The normalized spacial score (nSPS) is 17.9. The number of benzene rings is 1. The van der Waals surface area contributed by atoms with Crippen LogP contribution in [0.15, 0.2) is 18.2 Å². The van der Waals surface area contributed by atoms with Crippen LogP contribution in [-0.2, 0) is 9.47 Å². The average Bonchev–Trinajstić information content (AvgIpc) is 3.49. The molecule has 2 aliphatic rings. The van der Waals surface area contributed by atoms with E-state index in [9.17, 15) is 4.79 Å². The number of amides is 1. The number of hydrogen-bond acceptors (Lipinski definition) is 7. The van der Waals surface area contributed by atoms with Gasteiger partial charge in [-0.05, 0) is 51.0 Å². The largest absolute Gasteiger partial charge is 0.347 e. The van der Waals surface area contributed by atoms with E-state index in [-0.39, 0.29) is 5.91 Å². The van der Waals surface area contributed by atoms with Gasteiger partial charge in [-0.25, -0.2) is 9.67 Å². The van der Waals surface area contributed by atoms with Crippen LogP contribution in [0.1, 0.15) is 45.0 Å². The Bertz CT molecular complexity index is 1170. The van der Waals surface area contributed by atoms with Gasteiger partial charge in [-0.1, -0.05) is 11.3 Å². The first-order valence-corrected chi connectivity index (χ1v) is 11.7. The Morgan fingerprint density at radius 2 is 1.78 bits per heavy atom. The first-order valence-electron chi connectivity index (χ1n) is 10.9. The predicted molar refractivity (Wildman–Crippen MR) is 121 cm³/mol. The van der Waals surface area contributed by atoms with Crippen LogP contribution in [0.3, 0.4) is 0 Å². The predicted octanol–water partition coefficient (Wildman–Crippen LogP) is 3.60. The van der Waals surface area contributed by atoms with Crippen LogP contribution in [0.5, 0.6) is 0 Å². The molecule has 0 bridgehead atoms. The maximum absolute atomic E-state index is 13.2. The van der Waals surface area contributed by atoms with Gasteiger partial charge in [0.05, 0.1) is 30.3 Å². The van der Waals surface area contributed by atoms with Gasteiger partial charge in [0.15, 0.2) is 5.79 Å². The van der Waals surface area contributed by atoms with Crippen molar-refractivity contribution in [3.63, 3.8) is 0 Å². The van der Waals surface area contributed by atoms with E-state index < -0.39 is 5.79 Å². The minimum atomic E-state index is -0.491. The second kappa shape index (κ2) is 8.06. The number of ether oxygens (including phenoxy) is 2. The monoisotopic (exact) mass is 453 g/mol. The molecule has 9 heteroatoms. The second-order valence-corrected chi connectivity index (χ2v) is 9.54. The van der Waals surface area contributed by atoms with E-state index in [0.717, 1.165) is 22.1 Å². The number of rotatable bonds is 3. The van der Waals surface area contributed by atoms with Crippen molar-refractivity contribution in [2.45, 2.75) is 46.3 Å². The zero-order valence-electron chi connectivity index (χ0n) is 18.8. The second-order valence-electron chi connectivity index (χ2n) is 8.54. The van der Waals surface area contributed by atoms with Crippen molar-refractivity contribution in [1.29, 1.82) is 0 Å². The molecule has 0 atom stereocenters. The van der Waals surface area contributed by atoms with Gasteiger partial charge < -0.3 is 14.4 Å². The Hall–Kier alpha value is -2.62. The van der Waals surface area contributed by atoms with E-state index in [4.69, 9.17) is 9.47 Å². The summed E-state index contributed by atoms with van der Waals surface area (Å²) in [5.74, 6) is -0.479. The maximum Gasteiger partial charge on any atom is 0.265 e. The maximum atomic E-state index is 13.2. The summed E-state index contributed by atoms with van der Waals surface area (Å²) in [5, 5.41) is 9.47. The molecule has 0 saturated carbocycles. The Labute approximate surface area is 191 Å². The van der Waals surface area contributed by atoms with Crippen LogP contribution in [0.4, 0.5) is 0 Å². The van der Waals surface area contributed by atoms with E-state index in [0.29, 0.717) is 49.7 Å². The number of aromatic nitrogens is 4. The third kappa shape index (κ3) is 3.64. The van der Waals surface area contributed by atoms with Crippen LogP contribution in [0, 0.1) is 27.7 Å². The minimum Gasteiger partial charge on any atom is -0.347 e. The lowest BCUT2D eigenvalue weighted by Gasteiger charge is -2.37. The van der Waals surface area contributed by atoms with Crippen molar-refractivity contribution in [3.05, 3.63) is 45.6 Å². The Balaban J connectivity index is 1.37. The quantitative estimate of drug-likeness (QED) is 0.603. The van der Waals surface area contributed by atoms with Crippen LogP contribution in [0.2, 0.25) is 0 Å². The van der Waals surface area contributed by atoms with Crippen LogP contribution >= 0.6 is 11.3 Å². The zero-order chi connectivity index (χ0) is 22.5. The molecule has 8 nitrogen and oxygen atoms in total. The summed E-state index contributed by atoms with van der Waals surface area (Å²) >= 11 is 1.39. The Morgan fingerprint density at radius 3 is 2.47 bits per heavy atom. The Kier molecular flexibility index (Phi) is 5.35. The van der Waals surface area contributed by atoms with Gasteiger partial charge in [-0.15, -0.1) is 16.4 Å². The van der Waals surface area contributed by atoms with Gasteiger partial charge in [-0.3, -0.25) is 4.79 Å². The van der Waals surface area contributed by atoms with E-state index in [2.05, 4.69) is 41.3 Å². The fraction of sp³-hybridized carbons (Fsp3) is 0.478. The molecule has 1 spiro atoms. The molecular formula is C23H27N5O3S. The molecule has 1 aromatic carbocycles. The molecule has 3 aromatic rings. The molecule has 1 amide bonds. The highest BCUT2D eigenvalue weighted by molar-refractivity contribution is 7.17. The van der Waals surface area contributed by atoms with E-state index in [1.54, 1.807) is 0 Å². The van der Waals surface area contributed by atoms with Gasteiger partial charge in [-0.2, -0.15) is 0 Å². The number of likely N-dealkylation sites (tertiary alicyclic amines) is 1. The van der Waals surface area contributed by atoms with E-state index in [1.807, 2.05) is 29.5 Å². The number of hydrogen-bond donors (Lipinski definition) is 0. The third-order valence-corrected chi connectivity index (χ3v) is 7.60.